The van der Waals surface area contributed by atoms with Gasteiger partial charge in [-0.3, -0.25) is 0 Å². The van der Waals surface area contributed by atoms with Crippen molar-refractivity contribution in [2.45, 2.75) is 25.0 Å². The fraction of sp³-hybridized carbons (Fsp3) is 0.167. The molecule has 0 spiro atoms. The van der Waals surface area contributed by atoms with Crippen LogP contribution >= 0.6 is 0 Å². The topological polar surface area (TPSA) is 125 Å². The van der Waals surface area contributed by atoms with Crippen LogP contribution in [-0.4, -0.2) is 24.6 Å². The molecular formula is C18H17N3O6S. The number of hydrogen-bond donors (Lipinski definition) is 1. The molecule has 0 aliphatic rings. The first-order chi connectivity index (χ1) is 13.4. The summed E-state index contributed by atoms with van der Waals surface area (Å²) in [6.07, 6.45) is 4.20. The Labute approximate surface area is 161 Å². The van der Waals surface area contributed by atoms with E-state index in [-0.39, 0.29) is 23.9 Å². The molecule has 0 fully saturated rings. The number of hydrogen-bond acceptors (Lipinski definition) is 8. The van der Waals surface area contributed by atoms with Gasteiger partial charge in [0, 0.05) is 13.0 Å². The third-order valence-electron chi connectivity index (χ3n) is 3.52. The maximum absolute atomic E-state index is 12.3. The highest BCUT2D eigenvalue weighted by Gasteiger charge is 2.14. The lowest BCUT2D eigenvalue weighted by atomic mass is 10.2. The zero-order valence-electron chi connectivity index (χ0n) is 14.9. The molecule has 2 heterocycles. The lowest BCUT2D eigenvalue weighted by Crippen LogP contribution is -2.22. The Morgan fingerprint density at radius 1 is 1.21 bits per heavy atom. The standard InChI is InChI=1S/C18H17N3O6S/c1-13-20-21-17(27-13)12-26-18(22)9-6-14-4-7-16(8-5-14)28(23,24)19-11-15-3-2-10-25-15/h2-10,19H,11-12H2,1H3/b9-6+. The second-order valence-corrected chi connectivity index (χ2v) is 7.40. The van der Waals surface area contributed by atoms with Crippen molar-refractivity contribution in [3.63, 3.8) is 0 Å². The summed E-state index contributed by atoms with van der Waals surface area (Å²) in [4.78, 5) is 11.8. The van der Waals surface area contributed by atoms with E-state index in [0.29, 0.717) is 17.2 Å². The van der Waals surface area contributed by atoms with E-state index in [0.717, 1.165) is 0 Å². The van der Waals surface area contributed by atoms with Gasteiger partial charge in [-0.2, -0.15) is 0 Å². The summed E-state index contributed by atoms with van der Waals surface area (Å²) in [6, 6.07) is 9.39. The van der Waals surface area contributed by atoms with Crippen LogP contribution in [0.2, 0.25) is 0 Å². The Kier molecular flexibility index (Phi) is 6.02. The quantitative estimate of drug-likeness (QED) is 0.448. The average Bonchev–Trinajstić information content (AvgIpc) is 3.35. The number of carbonyl (C=O) groups is 1. The van der Waals surface area contributed by atoms with Gasteiger partial charge in [0.1, 0.15) is 5.76 Å². The normalized spacial score (nSPS) is 11.8. The highest BCUT2D eigenvalue weighted by atomic mass is 32.2. The monoisotopic (exact) mass is 403 g/mol. The van der Waals surface area contributed by atoms with E-state index in [1.165, 1.54) is 30.5 Å². The van der Waals surface area contributed by atoms with E-state index >= 15 is 0 Å². The lowest BCUT2D eigenvalue weighted by molar-refractivity contribution is -0.139. The highest BCUT2D eigenvalue weighted by molar-refractivity contribution is 7.89. The Bertz CT molecular complexity index is 1050. The number of ether oxygens (including phenoxy) is 1. The number of rotatable bonds is 8. The van der Waals surface area contributed by atoms with Gasteiger partial charge in [0.25, 0.3) is 5.89 Å². The van der Waals surface area contributed by atoms with Crippen LogP contribution < -0.4 is 4.72 Å². The number of aromatic nitrogens is 2. The van der Waals surface area contributed by atoms with E-state index in [4.69, 9.17) is 13.6 Å². The molecule has 1 N–H and O–H groups in total. The van der Waals surface area contributed by atoms with Crippen molar-refractivity contribution in [3.8, 4) is 0 Å². The van der Waals surface area contributed by atoms with Gasteiger partial charge >= 0.3 is 5.97 Å². The summed E-state index contributed by atoms with van der Waals surface area (Å²) >= 11 is 0. The van der Waals surface area contributed by atoms with Crippen molar-refractivity contribution < 1.29 is 26.8 Å². The minimum atomic E-state index is -3.67. The Hall–Kier alpha value is -3.24. The van der Waals surface area contributed by atoms with Crippen LogP contribution in [0.15, 0.2) is 62.5 Å². The third-order valence-corrected chi connectivity index (χ3v) is 4.94. The highest BCUT2D eigenvalue weighted by Crippen LogP contribution is 2.13. The molecule has 0 aliphatic heterocycles. The van der Waals surface area contributed by atoms with Gasteiger partial charge < -0.3 is 13.6 Å². The first-order valence-corrected chi connectivity index (χ1v) is 9.67. The van der Waals surface area contributed by atoms with Crippen LogP contribution in [0.3, 0.4) is 0 Å². The van der Waals surface area contributed by atoms with Gasteiger partial charge in [-0.1, -0.05) is 12.1 Å². The predicted octanol–water partition coefficient (Wildman–Crippen LogP) is 2.21. The fourth-order valence-electron chi connectivity index (χ4n) is 2.16. The lowest BCUT2D eigenvalue weighted by Gasteiger charge is -2.05. The van der Waals surface area contributed by atoms with E-state index in [1.54, 1.807) is 31.2 Å². The van der Waals surface area contributed by atoms with Gasteiger partial charge in [-0.05, 0) is 35.9 Å². The average molecular weight is 403 g/mol. The molecular weight excluding hydrogens is 386 g/mol. The summed E-state index contributed by atoms with van der Waals surface area (Å²) < 4.78 is 42.1. The van der Waals surface area contributed by atoms with E-state index < -0.39 is 16.0 Å². The van der Waals surface area contributed by atoms with Gasteiger partial charge in [-0.15, -0.1) is 10.2 Å². The number of benzene rings is 1. The molecule has 1 aromatic carbocycles. The molecule has 3 aromatic rings. The second kappa shape index (κ2) is 8.63. The molecule has 146 valence electrons. The molecule has 0 atom stereocenters. The smallest absolute Gasteiger partial charge is 0.331 e. The molecule has 0 aliphatic carbocycles. The first kappa shape index (κ1) is 19.5. The number of aryl methyl sites for hydroxylation is 1. The van der Waals surface area contributed by atoms with Crippen molar-refractivity contribution in [2.75, 3.05) is 0 Å². The summed E-state index contributed by atoms with van der Waals surface area (Å²) in [5.74, 6) is 0.510. The zero-order chi connectivity index (χ0) is 20.0. The van der Waals surface area contributed by atoms with E-state index in [9.17, 15) is 13.2 Å². The van der Waals surface area contributed by atoms with Gasteiger partial charge in [0.2, 0.25) is 15.9 Å². The van der Waals surface area contributed by atoms with Crippen molar-refractivity contribution in [1.82, 2.24) is 14.9 Å². The van der Waals surface area contributed by atoms with Gasteiger partial charge in [0.15, 0.2) is 6.61 Å². The van der Waals surface area contributed by atoms with Crippen LogP contribution in [0, 0.1) is 6.92 Å². The van der Waals surface area contributed by atoms with Crippen LogP contribution in [0.1, 0.15) is 23.1 Å². The predicted molar refractivity (Wildman–Crippen MR) is 97.0 cm³/mol. The summed E-state index contributed by atoms with van der Waals surface area (Å²) in [5, 5.41) is 7.34. The first-order valence-electron chi connectivity index (χ1n) is 8.18. The van der Waals surface area contributed by atoms with Gasteiger partial charge in [0.05, 0.1) is 17.7 Å². The Morgan fingerprint density at radius 3 is 2.64 bits per heavy atom. The molecule has 0 saturated carbocycles. The van der Waals surface area contributed by atoms with Crippen molar-refractivity contribution in [1.29, 1.82) is 0 Å². The van der Waals surface area contributed by atoms with Crippen molar-refractivity contribution in [3.05, 3.63) is 71.8 Å². The fourth-order valence-corrected chi connectivity index (χ4v) is 3.16. The minimum Gasteiger partial charge on any atom is -0.468 e. The van der Waals surface area contributed by atoms with Crippen molar-refractivity contribution >= 4 is 22.1 Å². The molecule has 10 heteroatoms. The maximum Gasteiger partial charge on any atom is 0.331 e. The molecule has 0 saturated heterocycles. The third kappa shape index (κ3) is 5.38. The Balaban J connectivity index is 1.54. The number of nitrogens with one attached hydrogen (secondary N) is 1. The molecule has 0 unspecified atom stereocenters. The molecule has 0 bridgehead atoms. The van der Waals surface area contributed by atoms with Crippen molar-refractivity contribution in [2.24, 2.45) is 0 Å². The molecule has 2 aromatic heterocycles. The summed E-state index contributed by atoms with van der Waals surface area (Å²) in [7, 11) is -3.67. The molecule has 3 rings (SSSR count). The van der Waals surface area contributed by atoms with Gasteiger partial charge in [-0.25, -0.2) is 17.9 Å². The zero-order valence-corrected chi connectivity index (χ0v) is 15.7. The van der Waals surface area contributed by atoms with E-state index in [1.807, 2.05) is 0 Å². The largest absolute Gasteiger partial charge is 0.468 e. The number of esters is 1. The van der Waals surface area contributed by atoms with Crippen LogP contribution in [0.4, 0.5) is 0 Å². The SMILES string of the molecule is Cc1nnc(COC(=O)/C=C/c2ccc(S(=O)(=O)NCc3ccco3)cc2)o1. The summed E-state index contributed by atoms with van der Waals surface area (Å²) in [6.45, 7) is 1.57. The molecule has 0 radical (unpaired) electrons. The molecule has 9 nitrogen and oxygen atoms in total. The van der Waals surface area contributed by atoms with Crippen LogP contribution in [-0.2, 0) is 32.7 Å². The molecule has 0 amide bonds. The molecule has 28 heavy (non-hydrogen) atoms. The number of sulfonamides is 1. The number of furan rings is 1. The van der Waals surface area contributed by atoms with E-state index in [2.05, 4.69) is 14.9 Å². The Morgan fingerprint density at radius 2 is 2.00 bits per heavy atom. The van der Waals surface area contributed by atoms with Crippen LogP contribution in [0.25, 0.3) is 6.08 Å². The van der Waals surface area contributed by atoms with Crippen LogP contribution in [0.5, 0.6) is 0 Å². The maximum atomic E-state index is 12.3. The number of carbonyl (C=O) groups excluding carboxylic acids is 1. The minimum absolute atomic E-state index is 0.0579. The summed E-state index contributed by atoms with van der Waals surface area (Å²) in [5.41, 5.74) is 0.635. The second-order valence-electron chi connectivity index (χ2n) is 5.63. The number of nitrogens with zero attached hydrogens (tertiary/aromatic N) is 2.